The highest BCUT2D eigenvalue weighted by Gasteiger charge is 2.45. The Morgan fingerprint density at radius 3 is 2.25 bits per heavy atom. The van der Waals surface area contributed by atoms with E-state index in [9.17, 15) is 23.2 Å². The first-order valence-corrected chi connectivity index (χ1v) is 7.07. The molecule has 4 amide bonds. The number of ether oxygens (including phenoxy) is 2. The fraction of sp³-hybridized carbons (Fsp3) is 0.400. The molecule has 0 aliphatic carbocycles. The largest absolute Gasteiger partial charge is 0.493 e. The molecular formula is C15H16F2N2O5. The number of benzene rings is 1. The molecule has 1 aromatic rings. The van der Waals surface area contributed by atoms with Crippen LogP contribution in [0, 0.1) is 0 Å². The van der Waals surface area contributed by atoms with Crippen molar-refractivity contribution in [3.05, 3.63) is 23.8 Å². The number of nitrogens with zero attached hydrogens (tertiary/aromatic N) is 2. The van der Waals surface area contributed by atoms with Crippen molar-refractivity contribution in [1.82, 2.24) is 9.80 Å². The summed E-state index contributed by atoms with van der Waals surface area (Å²) < 4.78 is 33.9. The van der Waals surface area contributed by atoms with Gasteiger partial charge in [-0.15, -0.1) is 0 Å². The van der Waals surface area contributed by atoms with Crippen molar-refractivity contribution in [3.8, 4) is 11.5 Å². The maximum absolute atomic E-state index is 12.3. The van der Waals surface area contributed by atoms with Gasteiger partial charge in [0.1, 0.15) is 0 Å². The first-order valence-electron chi connectivity index (χ1n) is 7.07. The van der Waals surface area contributed by atoms with E-state index >= 15 is 0 Å². The molecule has 1 saturated heterocycles. The number of hydrogen-bond acceptors (Lipinski definition) is 5. The Labute approximate surface area is 136 Å². The van der Waals surface area contributed by atoms with Crippen molar-refractivity contribution in [2.75, 3.05) is 7.11 Å². The number of hydrogen-bond donors (Lipinski definition) is 0. The molecule has 1 aliphatic rings. The normalized spacial score (nSPS) is 15.0. The Morgan fingerprint density at radius 2 is 1.75 bits per heavy atom. The van der Waals surface area contributed by atoms with Crippen LogP contribution in [0.15, 0.2) is 18.2 Å². The van der Waals surface area contributed by atoms with Crippen molar-refractivity contribution < 1.29 is 32.6 Å². The summed E-state index contributed by atoms with van der Waals surface area (Å²) in [5.74, 6) is -1.96. The predicted octanol–water partition coefficient (Wildman–Crippen LogP) is 2.00. The molecule has 2 rings (SSSR count). The summed E-state index contributed by atoms with van der Waals surface area (Å²) >= 11 is 0. The van der Waals surface area contributed by atoms with Gasteiger partial charge in [0.2, 0.25) is 0 Å². The average molecular weight is 342 g/mol. The Balaban J connectivity index is 2.23. The van der Waals surface area contributed by atoms with E-state index in [4.69, 9.17) is 4.74 Å². The molecule has 7 nitrogen and oxygen atoms in total. The minimum Gasteiger partial charge on any atom is -0.493 e. The highest BCUT2D eigenvalue weighted by Crippen LogP contribution is 2.30. The zero-order valence-electron chi connectivity index (χ0n) is 13.3. The molecule has 1 heterocycles. The lowest BCUT2D eigenvalue weighted by Gasteiger charge is -2.19. The van der Waals surface area contributed by atoms with Gasteiger partial charge in [0, 0.05) is 6.04 Å². The van der Waals surface area contributed by atoms with Crippen LogP contribution >= 0.6 is 0 Å². The number of carbonyl (C=O) groups excluding carboxylic acids is 3. The third-order valence-corrected chi connectivity index (χ3v) is 3.39. The molecule has 0 unspecified atom stereocenters. The Morgan fingerprint density at radius 1 is 1.08 bits per heavy atom. The van der Waals surface area contributed by atoms with Crippen LogP contribution in [0.2, 0.25) is 0 Å². The Bertz CT molecular complexity index is 678. The van der Waals surface area contributed by atoms with Crippen LogP contribution in [0.3, 0.4) is 0 Å². The van der Waals surface area contributed by atoms with Crippen LogP contribution in [0.25, 0.3) is 0 Å². The lowest BCUT2D eigenvalue weighted by Crippen LogP contribution is -2.37. The zero-order valence-corrected chi connectivity index (χ0v) is 13.3. The van der Waals surface area contributed by atoms with Crippen LogP contribution < -0.4 is 9.47 Å². The maximum atomic E-state index is 12.3. The van der Waals surface area contributed by atoms with Crippen molar-refractivity contribution in [2.45, 2.75) is 33.0 Å². The van der Waals surface area contributed by atoms with E-state index in [2.05, 4.69) is 4.74 Å². The smallest absolute Gasteiger partial charge is 0.387 e. The van der Waals surface area contributed by atoms with E-state index in [-0.39, 0.29) is 18.0 Å². The molecule has 0 N–H and O–H groups in total. The summed E-state index contributed by atoms with van der Waals surface area (Å²) in [4.78, 5) is 37.7. The van der Waals surface area contributed by atoms with Gasteiger partial charge in [-0.25, -0.2) is 4.79 Å². The average Bonchev–Trinajstić information content (AvgIpc) is 2.71. The maximum Gasteiger partial charge on any atom is 0.387 e. The first-order chi connectivity index (χ1) is 11.3. The molecule has 0 saturated carbocycles. The summed E-state index contributed by atoms with van der Waals surface area (Å²) in [5.41, 5.74) is 0.425. The van der Waals surface area contributed by atoms with Gasteiger partial charge < -0.3 is 9.47 Å². The molecule has 1 fully saturated rings. The topological polar surface area (TPSA) is 76.2 Å². The Hall–Kier alpha value is -2.71. The number of carbonyl (C=O) groups is 3. The fourth-order valence-electron chi connectivity index (χ4n) is 2.30. The molecule has 9 heteroatoms. The van der Waals surface area contributed by atoms with E-state index in [1.807, 2.05) is 0 Å². The third-order valence-electron chi connectivity index (χ3n) is 3.39. The van der Waals surface area contributed by atoms with Gasteiger partial charge >= 0.3 is 24.5 Å². The summed E-state index contributed by atoms with van der Waals surface area (Å²) in [6.07, 6.45) is 0. The molecule has 0 atom stereocenters. The van der Waals surface area contributed by atoms with E-state index in [1.165, 1.54) is 25.3 Å². The van der Waals surface area contributed by atoms with Gasteiger partial charge in [0.25, 0.3) is 0 Å². The second-order valence-corrected chi connectivity index (χ2v) is 5.31. The van der Waals surface area contributed by atoms with E-state index in [0.29, 0.717) is 5.56 Å². The lowest BCUT2D eigenvalue weighted by atomic mass is 10.2. The number of urea groups is 1. The molecule has 0 radical (unpaired) electrons. The van der Waals surface area contributed by atoms with Crippen LogP contribution in [0.4, 0.5) is 13.6 Å². The number of amides is 4. The highest BCUT2D eigenvalue weighted by atomic mass is 19.3. The fourth-order valence-corrected chi connectivity index (χ4v) is 2.30. The summed E-state index contributed by atoms with van der Waals surface area (Å²) in [6.45, 7) is 0.0412. The SMILES string of the molecule is COc1cc(CN2C(=O)C(=O)N(C(C)C)C2=O)ccc1OC(F)F. The third kappa shape index (κ3) is 3.29. The van der Waals surface area contributed by atoms with Crippen molar-refractivity contribution in [2.24, 2.45) is 0 Å². The molecule has 1 aromatic carbocycles. The van der Waals surface area contributed by atoms with Crippen molar-refractivity contribution >= 4 is 17.8 Å². The molecule has 0 bridgehead atoms. The van der Waals surface area contributed by atoms with Crippen LogP contribution in [-0.2, 0) is 16.1 Å². The minimum absolute atomic E-state index is 0.0268. The lowest BCUT2D eigenvalue weighted by molar-refractivity contribution is -0.144. The summed E-state index contributed by atoms with van der Waals surface area (Å²) in [6, 6.07) is 2.85. The number of halogens is 2. The predicted molar refractivity (Wildman–Crippen MR) is 77.6 cm³/mol. The molecular weight excluding hydrogens is 326 g/mol. The summed E-state index contributed by atoms with van der Waals surface area (Å²) in [7, 11) is 1.27. The molecule has 24 heavy (non-hydrogen) atoms. The van der Waals surface area contributed by atoms with E-state index in [1.54, 1.807) is 13.8 Å². The first kappa shape index (κ1) is 17.6. The van der Waals surface area contributed by atoms with Gasteiger partial charge in [0.15, 0.2) is 11.5 Å². The molecule has 0 aromatic heterocycles. The standard InChI is InChI=1S/C15H16F2N2O5/c1-8(2)19-13(21)12(20)18(15(19)22)7-9-4-5-10(24-14(16)17)11(6-9)23-3/h4-6,8,14H,7H2,1-3H3. The minimum atomic E-state index is -3.01. The quantitative estimate of drug-likeness (QED) is 0.584. The molecule has 1 aliphatic heterocycles. The number of alkyl halides is 2. The second kappa shape index (κ2) is 6.81. The molecule has 0 spiro atoms. The van der Waals surface area contributed by atoms with Gasteiger partial charge in [-0.2, -0.15) is 8.78 Å². The van der Waals surface area contributed by atoms with Crippen LogP contribution in [-0.4, -0.2) is 47.4 Å². The number of imide groups is 2. The van der Waals surface area contributed by atoms with E-state index in [0.717, 1.165) is 9.80 Å². The number of methoxy groups -OCH3 is 1. The molecule has 130 valence electrons. The van der Waals surface area contributed by atoms with Crippen molar-refractivity contribution in [3.63, 3.8) is 0 Å². The van der Waals surface area contributed by atoms with Crippen LogP contribution in [0.1, 0.15) is 19.4 Å². The van der Waals surface area contributed by atoms with Gasteiger partial charge in [-0.3, -0.25) is 19.4 Å². The number of rotatable bonds is 6. The zero-order chi connectivity index (χ0) is 18.0. The van der Waals surface area contributed by atoms with Gasteiger partial charge in [-0.1, -0.05) is 6.07 Å². The Kier molecular flexibility index (Phi) is 5.01. The van der Waals surface area contributed by atoms with Gasteiger partial charge in [-0.05, 0) is 31.5 Å². The van der Waals surface area contributed by atoms with E-state index < -0.39 is 30.5 Å². The second-order valence-electron chi connectivity index (χ2n) is 5.31. The van der Waals surface area contributed by atoms with Crippen LogP contribution in [0.5, 0.6) is 11.5 Å². The summed E-state index contributed by atoms with van der Waals surface area (Å²) in [5, 5.41) is 0. The highest BCUT2D eigenvalue weighted by molar-refractivity contribution is 6.44. The monoisotopic (exact) mass is 342 g/mol. The van der Waals surface area contributed by atoms with Crippen molar-refractivity contribution in [1.29, 1.82) is 0 Å². The van der Waals surface area contributed by atoms with Gasteiger partial charge in [0.05, 0.1) is 13.7 Å².